The fraction of sp³-hybridized carbons (Fsp3) is 0.500. The molecule has 5 nitrogen and oxygen atoms in total. The van der Waals surface area contributed by atoms with Crippen LogP contribution >= 0.6 is 0 Å². The van der Waals surface area contributed by atoms with Crippen LogP contribution < -0.4 is 4.74 Å². The topological polar surface area (TPSA) is 47.4 Å². The van der Waals surface area contributed by atoms with Gasteiger partial charge in [0.2, 0.25) is 5.91 Å². The van der Waals surface area contributed by atoms with Crippen LogP contribution in [-0.4, -0.2) is 40.8 Å². The molecule has 1 atom stereocenters. The summed E-state index contributed by atoms with van der Waals surface area (Å²) in [4.78, 5) is 14.5. The summed E-state index contributed by atoms with van der Waals surface area (Å²) in [5.74, 6) is 1.17. The Labute approximate surface area is 149 Å². The second-order valence-electron chi connectivity index (χ2n) is 6.68. The van der Waals surface area contributed by atoms with Crippen LogP contribution in [-0.2, 0) is 11.2 Å². The standard InChI is InChI=1S/C20H27N3O2/c1-25-19-11-9-17(10-12-19)6-2-3-8-20(24)22-14-4-7-18(16-22)23-15-5-13-21-23/h5,9-13,15,18H,2-4,6-8,14,16H2,1H3/t18-/m1/s1. The van der Waals surface area contributed by atoms with Crippen molar-refractivity contribution in [1.29, 1.82) is 0 Å². The third-order valence-corrected chi connectivity index (χ3v) is 4.91. The summed E-state index contributed by atoms with van der Waals surface area (Å²) in [6, 6.07) is 10.4. The van der Waals surface area contributed by atoms with Crippen molar-refractivity contribution in [3.05, 3.63) is 48.3 Å². The number of ether oxygens (including phenoxy) is 1. The summed E-state index contributed by atoms with van der Waals surface area (Å²) >= 11 is 0. The molecule has 0 spiro atoms. The Morgan fingerprint density at radius 2 is 2.12 bits per heavy atom. The number of likely N-dealkylation sites (tertiary alicyclic amines) is 1. The number of nitrogens with zero attached hydrogens (tertiary/aromatic N) is 3. The number of carbonyl (C=O) groups excluding carboxylic acids is 1. The van der Waals surface area contributed by atoms with Crippen molar-refractivity contribution in [3.63, 3.8) is 0 Å². The van der Waals surface area contributed by atoms with Crippen LogP contribution in [0.1, 0.15) is 43.7 Å². The molecule has 0 radical (unpaired) electrons. The number of piperidine rings is 1. The fourth-order valence-electron chi connectivity index (χ4n) is 3.45. The molecular weight excluding hydrogens is 314 g/mol. The van der Waals surface area contributed by atoms with Gasteiger partial charge in [-0.1, -0.05) is 12.1 Å². The normalized spacial score (nSPS) is 17.5. The highest BCUT2D eigenvalue weighted by molar-refractivity contribution is 5.76. The summed E-state index contributed by atoms with van der Waals surface area (Å²) in [6.45, 7) is 1.67. The number of hydrogen-bond donors (Lipinski definition) is 0. The zero-order valence-corrected chi connectivity index (χ0v) is 14.9. The van der Waals surface area contributed by atoms with Crippen molar-refractivity contribution in [2.45, 2.75) is 44.6 Å². The first-order chi connectivity index (χ1) is 12.3. The minimum atomic E-state index is 0.284. The summed E-state index contributed by atoms with van der Waals surface area (Å²) in [7, 11) is 1.68. The lowest BCUT2D eigenvalue weighted by Gasteiger charge is -2.33. The van der Waals surface area contributed by atoms with E-state index >= 15 is 0 Å². The third kappa shape index (κ3) is 4.84. The monoisotopic (exact) mass is 341 g/mol. The smallest absolute Gasteiger partial charge is 0.222 e. The quantitative estimate of drug-likeness (QED) is 0.725. The Kier molecular flexibility index (Phi) is 6.09. The molecule has 1 aromatic carbocycles. The first-order valence-corrected chi connectivity index (χ1v) is 9.16. The van der Waals surface area contributed by atoms with Crippen molar-refractivity contribution >= 4 is 5.91 Å². The predicted molar refractivity (Wildman–Crippen MR) is 97.6 cm³/mol. The fourth-order valence-corrected chi connectivity index (χ4v) is 3.45. The van der Waals surface area contributed by atoms with Crippen LogP contribution in [0.15, 0.2) is 42.7 Å². The minimum absolute atomic E-state index is 0.284. The van der Waals surface area contributed by atoms with Gasteiger partial charge in [0, 0.05) is 31.9 Å². The molecule has 0 aliphatic carbocycles. The molecule has 3 rings (SSSR count). The molecule has 1 aliphatic rings. The van der Waals surface area contributed by atoms with E-state index in [0.29, 0.717) is 12.5 Å². The van der Waals surface area contributed by atoms with E-state index in [1.165, 1.54) is 5.56 Å². The Morgan fingerprint density at radius 1 is 1.28 bits per heavy atom. The molecule has 0 bridgehead atoms. The molecule has 2 heterocycles. The van der Waals surface area contributed by atoms with Gasteiger partial charge in [0.05, 0.1) is 13.2 Å². The lowest BCUT2D eigenvalue weighted by molar-refractivity contribution is -0.133. The van der Waals surface area contributed by atoms with Gasteiger partial charge in [-0.3, -0.25) is 9.48 Å². The molecule has 1 aromatic heterocycles. The molecule has 0 saturated carbocycles. The van der Waals surface area contributed by atoms with E-state index in [9.17, 15) is 4.79 Å². The molecule has 2 aromatic rings. The van der Waals surface area contributed by atoms with E-state index in [2.05, 4.69) is 17.2 Å². The molecule has 1 fully saturated rings. The molecule has 1 amide bonds. The maximum absolute atomic E-state index is 12.5. The first kappa shape index (κ1) is 17.5. The molecular formula is C20H27N3O2. The average Bonchev–Trinajstić information content (AvgIpc) is 3.20. The SMILES string of the molecule is COc1ccc(CCCCC(=O)N2CCC[C@@H](n3cccn3)C2)cc1. The van der Waals surface area contributed by atoms with Gasteiger partial charge >= 0.3 is 0 Å². The Hall–Kier alpha value is -2.30. The van der Waals surface area contributed by atoms with E-state index in [4.69, 9.17) is 4.74 Å². The highest BCUT2D eigenvalue weighted by Crippen LogP contribution is 2.21. The van der Waals surface area contributed by atoms with E-state index in [1.807, 2.05) is 34.0 Å². The van der Waals surface area contributed by atoms with Crippen molar-refractivity contribution in [2.24, 2.45) is 0 Å². The first-order valence-electron chi connectivity index (χ1n) is 9.16. The van der Waals surface area contributed by atoms with Gasteiger partial charge in [0.25, 0.3) is 0 Å². The number of amides is 1. The highest BCUT2D eigenvalue weighted by atomic mass is 16.5. The van der Waals surface area contributed by atoms with Crippen LogP contribution in [0, 0.1) is 0 Å². The van der Waals surface area contributed by atoms with E-state index in [0.717, 1.165) is 50.9 Å². The lowest BCUT2D eigenvalue weighted by atomic mass is 10.0. The van der Waals surface area contributed by atoms with E-state index in [1.54, 1.807) is 13.3 Å². The van der Waals surface area contributed by atoms with Gasteiger partial charge in [0.1, 0.15) is 5.75 Å². The van der Waals surface area contributed by atoms with E-state index in [-0.39, 0.29) is 5.91 Å². The number of aromatic nitrogens is 2. The molecule has 1 aliphatic heterocycles. The third-order valence-electron chi connectivity index (χ3n) is 4.91. The zero-order valence-electron chi connectivity index (χ0n) is 14.9. The van der Waals surface area contributed by atoms with Crippen molar-refractivity contribution < 1.29 is 9.53 Å². The van der Waals surface area contributed by atoms with Crippen LogP contribution in [0.25, 0.3) is 0 Å². The zero-order chi connectivity index (χ0) is 17.5. The largest absolute Gasteiger partial charge is 0.497 e. The number of hydrogen-bond acceptors (Lipinski definition) is 3. The molecule has 0 unspecified atom stereocenters. The maximum Gasteiger partial charge on any atom is 0.222 e. The minimum Gasteiger partial charge on any atom is -0.497 e. The average molecular weight is 341 g/mol. The summed E-state index contributed by atoms with van der Waals surface area (Å²) < 4.78 is 7.16. The number of benzene rings is 1. The Bertz CT molecular complexity index is 652. The van der Waals surface area contributed by atoms with Crippen molar-refractivity contribution in [1.82, 2.24) is 14.7 Å². The predicted octanol–water partition coefficient (Wildman–Crippen LogP) is 3.47. The van der Waals surface area contributed by atoms with Crippen LogP contribution in [0.3, 0.4) is 0 Å². The second kappa shape index (κ2) is 8.70. The number of methoxy groups -OCH3 is 1. The summed E-state index contributed by atoms with van der Waals surface area (Å²) in [5.41, 5.74) is 1.30. The molecule has 134 valence electrons. The number of unbranched alkanes of at least 4 members (excludes halogenated alkanes) is 1. The Morgan fingerprint density at radius 3 is 2.84 bits per heavy atom. The molecule has 0 N–H and O–H groups in total. The highest BCUT2D eigenvalue weighted by Gasteiger charge is 2.24. The molecule has 25 heavy (non-hydrogen) atoms. The number of carbonyl (C=O) groups is 1. The van der Waals surface area contributed by atoms with Gasteiger partial charge in [-0.15, -0.1) is 0 Å². The van der Waals surface area contributed by atoms with Gasteiger partial charge in [0.15, 0.2) is 0 Å². The van der Waals surface area contributed by atoms with Gasteiger partial charge < -0.3 is 9.64 Å². The molecule has 1 saturated heterocycles. The van der Waals surface area contributed by atoms with Crippen molar-refractivity contribution in [3.8, 4) is 5.75 Å². The number of rotatable bonds is 7. The van der Waals surface area contributed by atoms with Crippen LogP contribution in [0.4, 0.5) is 0 Å². The van der Waals surface area contributed by atoms with Crippen LogP contribution in [0.5, 0.6) is 5.75 Å². The van der Waals surface area contributed by atoms with Gasteiger partial charge in [-0.05, 0) is 55.9 Å². The summed E-state index contributed by atoms with van der Waals surface area (Å²) in [6.07, 6.45) is 9.58. The van der Waals surface area contributed by atoms with Crippen LogP contribution in [0.2, 0.25) is 0 Å². The maximum atomic E-state index is 12.5. The van der Waals surface area contributed by atoms with E-state index < -0.39 is 0 Å². The van der Waals surface area contributed by atoms with Gasteiger partial charge in [-0.2, -0.15) is 5.10 Å². The lowest BCUT2D eigenvalue weighted by Crippen LogP contribution is -2.40. The summed E-state index contributed by atoms with van der Waals surface area (Å²) in [5, 5.41) is 4.32. The molecule has 5 heteroatoms. The second-order valence-corrected chi connectivity index (χ2v) is 6.68. The Balaban J connectivity index is 1.39. The number of aryl methyl sites for hydroxylation is 1. The van der Waals surface area contributed by atoms with Gasteiger partial charge in [-0.25, -0.2) is 0 Å². The van der Waals surface area contributed by atoms with Crippen molar-refractivity contribution in [2.75, 3.05) is 20.2 Å².